The maximum absolute atomic E-state index is 13.4. The van der Waals surface area contributed by atoms with Gasteiger partial charge in [0.05, 0.1) is 8.95 Å². The van der Waals surface area contributed by atoms with Crippen LogP contribution in [0.25, 0.3) is 0 Å². The second kappa shape index (κ2) is 5.61. The molecular weight excluding hydrogens is 393 g/mol. The number of ether oxygens (including phenoxy) is 2. The van der Waals surface area contributed by atoms with E-state index in [1.807, 2.05) is 18.2 Å². The molecule has 3 nitrogen and oxygen atoms in total. The number of anilines is 1. The molecule has 0 bridgehead atoms. The van der Waals surface area contributed by atoms with E-state index in [0.29, 0.717) is 11.0 Å². The van der Waals surface area contributed by atoms with Gasteiger partial charge in [-0.2, -0.15) is 0 Å². The molecule has 0 unspecified atom stereocenters. The van der Waals surface area contributed by atoms with Gasteiger partial charge in [0.2, 0.25) is 6.79 Å². The van der Waals surface area contributed by atoms with E-state index >= 15 is 0 Å². The predicted octanol–water partition coefficient (Wildman–Crippen LogP) is 4.69. The number of rotatable bonds is 3. The van der Waals surface area contributed by atoms with Crippen LogP contribution in [0.3, 0.4) is 0 Å². The van der Waals surface area contributed by atoms with Crippen LogP contribution in [0.5, 0.6) is 11.5 Å². The van der Waals surface area contributed by atoms with Crippen molar-refractivity contribution in [2.45, 2.75) is 6.54 Å². The monoisotopic (exact) mass is 401 g/mol. The van der Waals surface area contributed by atoms with Crippen molar-refractivity contribution in [3.8, 4) is 11.5 Å². The molecule has 0 atom stereocenters. The van der Waals surface area contributed by atoms with Gasteiger partial charge in [0.1, 0.15) is 5.82 Å². The first-order chi connectivity index (χ1) is 9.63. The Labute approximate surface area is 132 Å². The summed E-state index contributed by atoms with van der Waals surface area (Å²) < 4.78 is 25.4. The number of nitrogens with one attached hydrogen (secondary N) is 1. The van der Waals surface area contributed by atoms with Crippen molar-refractivity contribution in [1.82, 2.24) is 0 Å². The molecular formula is C14H10Br2FNO2. The van der Waals surface area contributed by atoms with Crippen molar-refractivity contribution in [3.63, 3.8) is 0 Å². The minimum absolute atomic E-state index is 0.239. The summed E-state index contributed by atoms with van der Waals surface area (Å²) in [7, 11) is 0. The molecule has 3 rings (SSSR count). The summed E-state index contributed by atoms with van der Waals surface area (Å²) in [5.74, 6) is 1.16. The molecule has 0 fully saturated rings. The zero-order valence-corrected chi connectivity index (χ0v) is 13.4. The molecule has 0 amide bonds. The van der Waals surface area contributed by atoms with Crippen molar-refractivity contribution in [1.29, 1.82) is 0 Å². The van der Waals surface area contributed by atoms with Crippen LogP contribution in [0.1, 0.15) is 5.56 Å². The Morgan fingerprint density at radius 2 is 1.95 bits per heavy atom. The smallest absolute Gasteiger partial charge is 0.231 e. The summed E-state index contributed by atoms with van der Waals surface area (Å²) in [6.07, 6.45) is 0. The van der Waals surface area contributed by atoms with Crippen LogP contribution < -0.4 is 14.8 Å². The van der Waals surface area contributed by atoms with E-state index in [-0.39, 0.29) is 12.6 Å². The highest BCUT2D eigenvalue weighted by atomic mass is 79.9. The molecule has 0 spiro atoms. The maximum Gasteiger partial charge on any atom is 0.231 e. The first kappa shape index (κ1) is 13.7. The van der Waals surface area contributed by atoms with Crippen LogP contribution in [0, 0.1) is 5.82 Å². The number of halogens is 3. The third-order valence-corrected chi connectivity index (χ3v) is 4.14. The van der Waals surface area contributed by atoms with Gasteiger partial charge < -0.3 is 14.8 Å². The van der Waals surface area contributed by atoms with Gasteiger partial charge in [-0.25, -0.2) is 4.39 Å². The molecule has 104 valence electrons. The number of hydrogen-bond acceptors (Lipinski definition) is 3. The molecule has 0 aliphatic carbocycles. The largest absolute Gasteiger partial charge is 0.454 e. The quantitative estimate of drug-likeness (QED) is 0.807. The zero-order chi connectivity index (χ0) is 14.1. The Morgan fingerprint density at radius 3 is 2.75 bits per heavy atom. The summed E-state index contributed by atoms with van der Waals surface area (Å²) >= 11 is 6.58. The molecule has 6 heteroatoms. The normalized spacial score (nSPS) is 12.6. The minimum atomic E-state index is -0.290. The third-order valence-electron chi connectivity index (χ3n) is 2.90. The Kier molecular flexibility index (Phi) is 3.85. The number of benzene rings is 2. The number of hydrogen-bond donors (Lipinski definition) is 1. The second-order valence-electron chi connectivity index (χ2n) is 4.29. The standard InChI is InChI=1S/C14H10Br2FNO2/c15-10-2-1-9(5-12(10)17)18-6-8-3-11(16)14-13(4-8)19-7-20-14/h1-5,18H,6-7H2. The lowest BCUT2D eigenvalue weighted by atomic mass is 10.2. The highest BCUT2D eigenvalue weighted by molar-refractivity contribution is 9.10. The first-order valence-electron chi connectivity index (χ1n) is 5.90. The lowest BCUT2D eigenvalue weighted by Gasteiger charge is -2.09. The molecule has 20 heavy (non-hydrogen) atoms. The highest BCUT2D eigenvalue weighted by Gasteiger charge is 2.17. The molecule has 1 N–H and O–H groups in total. The van der Waals surface area contributed by atoms with E-state index < -0.39 is 0 Å². The van der Waals surface area contributed by atoms with E-state index in [9.17, 15) is 4.39 Å². The van der Waals surface area contributed by atoms with Gasteiger partial charge in [-0.05, 0) is 67.8 Å². The fraction of sp³-hybridized carbons (Fsp3) is 0.143. The lowest BCUT2D eigenvalue weighted by molar-refractivity contribution is 0.173. The van der Waals surface area contributed by atoms with Gasteiger partial charge in [0, 0.05) is 12.2 Å². The van der Waals surface area contributed by atoms with E-state index in [4.69, 9.17) is 9.47 Å². The Bertz CT molecular complexity index is 664. The van der Waals surface area contributed by atoms with E-state index in [2.05, 4.69) is 37.2 Å². The molecule has 1 aliphatic heterocycles. The van der Waals surface area contributed by atoms with Gasteiger partial charge in [0.25, 0.3) is 0 Å². The summed E-state index contributed by atoms with van der Waals surface area (Å²) in [6, 6.07) is 8.81. The van der Waals surface area contributed by atoms with Crippen LogP contribution in [-0.4, -0.2) is 6.79 Å². The molecule has 1 aliphatic rings. The van der Waals surface area contributed by atoms with Gasteiger partial charge in [0.15, 0.2) is 11.5 Å². The second-order valence-corrected chi connectivity index (χ2v) is 6.00. The first-order valence-corrected chi connectivity index (χ1v) is 7.49. The van der Waals surface area contributed by atoms with Gasteiger partial charge in [-0.3, -0.25) is 0 Å². The number of fused-ring (bicyclic) bond motifs is 1. The molecule has 0 saturated heterocycles. The average molecular weight is 403 g/mol. The summed E-state index contributed by atoms with van der Waals surface area (Å²) in [5, 5.41) is 3.17. The van der Waals surface area contributed by atoms with Crippen LogP contribution >= 0.6 is 31.9 Å². The fourth-order valence-electron chi connectivity index (χ4n) is 1.93. The van der Waals surface area contributed by atoms with Crippen molar-refractivity contribution in [2.24, 2.45) is 0 Å². The fourth-order valence-corrected chi connectivity index (χ4v) is 2.78. The molecule has 1 heterocycles. The Balaban J connectivity index is 1.75. The zero-order valence-electron chi connectivity index (χ0n) is 10.3. The van der Waals surface area contributed by atoms with Crippen molar-refractivity contribution in [3.05, 3.63) is 50.7 Å². The van der Waals surface area contributed by atoms with Crippen molar-refractivity contribution in [2.75, 3.05) is 12.1 Å². The van der Waals surface area contributed by atoms with Crippen LogP contribution in [0.4, 0.5) is 10.1 Å². The van der Waals surface area contributed by atoms with Crippen LogP contribution in [0.2, 0.25) is 0 Å². The Morgan fingerprint density at radius 1 is 1.10 bits per heavy atom. The van der Waals surface area contributed by atoms with Crippen molar-refractivity contribution >= 4 is 37.5 Å². The van der Waals surface area contributed by atoms with Crippen molar-refractivity contribution < 1.29 is 13.9 Å². The molecule has 0 aromatic heterocycles. The topological polar surface area (TPSA) is 30.5 Å². The van der Waals surface area contributed by atoms with Crippen LogP contribution in [0.15, 0.2) is 39.3 Å². The summed E-state index contributed by atoms with van der Waals surface area (Å²) in [6.45, 7) is 0.805. The highest BCUT2D eigenvalue weighted by Crippen LogP contribution is 2.40. The molecule has 2 aromatic rings. The molecule has 0 saturated carbocycles. The molecule has 0 radical (unpaired) electrons. The molecule has 2 aromatic carbocycles. The summed E-state index contributed by atoms with van der Waals surface area (Å²) in [4.78, 5) is 0. The average Bonchev–Trinajstić information content (AvgIpc) is 2.89. The SMILES string of the molecule is Fc1cc(NCc2cc(Br)c3c(c2)OCO3)ccc1Br. The van der Waals surface area contributed by atoms with E-state index in [1.54, 1.807) is 6.07 Å². The van der Waals surface area contributed by atoms with Gasteiger partial charge in [-0.15, -0.1) is 0 Å². The Hall–Kier alpha value is -1.27. The minimum Gasteiger partial charge on any atom is -0.454 e. The predicted molar refractivity (Wildman–Crippen MR) is 81.7 cm³/mol. The summed E-state index contributed by atoms with van der Waals surface area (Å²) in [5.41, 5.74) is 1.74. The van der Waals surface area contributed by atoms with E-state index in [1.165, 1.54) is 6.07 Å². The third kappa shape index (κ3) is 2.76. The van der Waals surface area contributed by atoms with E-state index in [0.717, 1.165) is 27.2 Å². The van der Waals surface area contributed by atoms with Crippen LogP contribution in [-0.2, 0) is 6.54 Å². The van der Waals surface area contributed by atoms with Gasteiger partial charge >= 0.3 is 0 Å². The maximum atomic E-state index is 13.4. The lowest BCUT2D eigenvalue weighted by Crippen LogP contribution is -2.00. The van der Waals surface area contributed by atoms with Gasteiger partial charge in [-0.1, -0.05) is 0 Å².